The van der Waals surface area contributed by atoms with Gasteiger partial charge in [0.2, 0.25) is 0 Å². The van der Waals surface area contributed by atoms with Gasteiger partial charge in [0.15, 0.2) is 0 Å². The van der Waals surface area contributed by atoms with Gasteiger partial charge in [0, 0.05) is 13.2 Å². The number of hydrogen-bond acceptors (Lipinski definition) is 4. The fraction of sp³-hybridized carbons (Fsp3) is 0.462. The first-order chi connectivity index (χ1) is 9.11. The molecule has 0 bridgehead atoms. The maximum absolute atomic E-state index is 12.0. The number of pyridine rings is 1. The zero-order chi connectivity index (χ0) is 15.5. The average Bonchev–Trinajstić information content (AvgIpc) is 2.25. The number of rotatable bonds is 3. The summed E-state index contributed by atoms with van der Waals surface area (Å²) in [4.78, 5) is 38.0. The molecule has 0 aromatic carbocycles. The molecule has 0 radical (unpaired) electrons. The number of amides is 1. The molecule has 0 saturated heterocycles. The second-order valence-electron chi connectivity index (χ2n) is 5.29. The highest BCUT2D eigenvalue weighted by Gasteiger charge is 2.24. The van der Waals surface area contributed by atoms with Crippen molar-refractivity contribution in [3.8, 4) is 0 Å². The van der Waals surface area contributed by atoms with Crippen molar-refractivity contribution >= 4 is 17.7 Å². The molecule has 0 aliphatic carbocycles. The van der Waals surface area contributed by atoms with Crippen LogP contribution in [0.25, 0.3) is 0 Å². The highest BCUT2D eigenvalue weighted by molar-refractivity contribution is 5.89. The summed E-state index contributed by atoms with van der Waals surface area (Å²) in [7, 11) is 1.37. The molecule has 1 aromatic heterocycles. The molecule has 0 unspecified atom stereocenters. The molecule has 0 aliphatic heterocycles. The van der Waals surface area contributed by atoms with Crippen molar-refractivity contribution in [1.29, 1.82) is 0 Å². The molecule has 1 aromatic rings. The first kappa shape index (κ1) is 15.7. The Morgan fingerprint density at radius 3 is 2.50 bits per heavy atom. The van der Waals surface area contributed by atoms with Gasteiger partial charge in [0.05, 0.1) is 6.42 Å². The van der Waals surface area contributed by atoms with Crippen molar-refractivity contribution in [3.05, 3.63) is 28.2 Å². The maximum Gasteiger partial charge on any atom is 0.414 e. The summed E-state index contributed by atoms with van der Waals surface area (Å²) in [6.45, 7) is 5.10. The lowest BCUT2D eigenvalue weighted by Gasteiger charge is -2.25. The van der Waals surface area contributed by atoms with Crippen LogP contribution in [0.4, 0.5) is 10.5 Å². The van der Waals surface area contributed by atoms with E-state index in [1.54, 1.807) is 20.8 Å². The molecule has 0 atom stereocenters. The van der Waals surface area contributed by atoms with Crippen molar-refractivity contribution in [1.82, 2.24) is 4.98 Å². The zero-order valence-electron chi connectivity index (χ0n) is 11.9. The van der Waals surface area contributed by atoms with E-state index in [-0.39, 0.29) is 17.7 Å². The number of carboxylic acid groups (broad SMARTS) is 1. The molecule has 0 spiro atoms. The molecule has 0 aliphatic rings. The summed E-state index contributed by atoms with van der Waals surface area (Å²) < 4.78 is 5.16. The number of aromatic amines is 1. The monoisotopic (exact) mass is 282 g/mol. The van der Waals surface area contributed by atoms with Crippen LogP contribution in [-0.2, 0) is 16.0 Å². The van der Waals surface area contributed by atoms with Crippen molar-refractivity contribution in [2.75, 3.05) is 11.9 Å². The average molecular weight is 282 g/mol. The predicted octanol–water partition coefficient (Wildman–Crippen LogP) is 1.37. The third-order valence-corrected chi connectivity index (χ3v) is 2.36. The highest BCUT2D eigenvalue weighted by Crippen LogP contribution is 2.17. The Labute approximate surface area is 116 Å². The van der Waals surface area contributed by atoms with Gasteiger partial charge >= 0.3 is 12.1 Å². The Kier molecular flexibility index (Phi) is 4.54. The Bertz CT molecular complexity index is 571. The van der Waals surface area contributed by atoms with Gasteiger partial charge in [0.25, 0.3) is 5.56 Å². The molecular formula is C13H18N2O5. The van der Waals surface area contributed by atoms with E-state index in [2.05, 4.69) is 4.98 Å². The minimum Gasteiger partial charge on any atom is -0.481 e. The third-order valence-electron chi connectivity index (χ3n) is 2.36. The first-order valence-corrected chi connectivity index (χ1v) is 6.01. The van der Waals surface area contributed by atoms with Crippen LogP contribution in [0.3, 0.4) is 0 Å². The number of anilines is 1. The minimum atomic E-state index is -1.09. The molecule has 110 valence electrons. The van der Waals surface area contributed by atoms with Crippen LogP contribution in [0, 0.1) is 0 Å². The van der Waals surface area contributed by atoms with Crippen LogP contribution in [-0.4, -0.2) is 34.8 Å². The third kappa shape index (κ3) is 4.11. The second-order valence-corrected chi connectivity index (χ2v) is 5.29. The van der Waals surface area contributed by atoms with E-state index in [0.29, 0.717) is 0 Å². The Hall–Kier alpha value is -2.31. The standard InChI is InChI=1S/C13H18N2O5/c1-13(2,3)20-12(19)15(4)10-8(7-9(16)17)5-6-14-11(10)18/h5-6H,7H2,1-4H3,(H,14,18)(H,16,17). The second kappa shape index (κ2) is 5.77. The Morgan fingerprint density at radius 1 is 1.40 bits per heavy atom. The number of hydrogen-bond donors (Lipinski definition) is 2. The number of aromatic nitrogens is 1. The minimum absolute atomic E-state index is 0.0239. The number of H-pyrrole nitrogens is 1. The molecule has 0 saturated carbocycles. The van der Waals surface area contributed by atoms with Gasteiger partial charge in [-0.25, -0.2) is 4.79 Å². The number of nitrogens with zero attached hydrogens (tertiary/aromatic N) is 1. The van der Waals surface area contributed by atoms with Gasteiger partial charge in [-0.05, 0) is 32.4 Å². The SMILES string of the molecule is CN(C(=O)OC(C)(C)C)c1c(CC(=O)O)cc[nH]c1=O. The van der Waals surface area contributed by atoms with Crippen molar-refractivity contribution in [2.24, 2.45) is 0 Å². The number of carbonyl (C=O) groups is 2. The zero-order valence-corrected chi connectivity index (χ0v) is 11.9. The summed E-state index contributed by atoms with van der Waals surface area (Å²) in [6, 6.07) is 1.45. The molecule has 7 nitrogen and oxygen atoms in total. The molecule has 7 heteroatoms. The molecule has 1 amide bonds. The maximum atomic E-state index is 12.0. The van der Waals surface area contributed by atoms with Gasteiger partial charge in [-0.1, -0.05) is 0 Å². The Balaban J connectivity index is 3.14. The molecule has 1 heterocycles. The van der Waals surface area contributed by atoms with Crippen LogP contribution in [0.1, 0.15) is 26.3 Å². The predicted molar refractivity (Wildman–Crippen MR) is 73.0 cm³/mol. The lowest BCUT2D eigenvalue weighted by Crippen LogP contribution is -2.37. The van der Waals surface area contributed by atoms with Crippen LogP contribution < -0.4 is 10.5 Å². The summed E-state index contributed by atoms with van der Waals surface area (Å²) in [5.41, 5.74) is -1.03. The molecule has 1 rings (SSSR count). The fourth-order valence-electron chi connectivity index (χ4n) is 1.61. The quantitative estimate of drug-likeness (QED) is 0.872. The number of ether oxygens (including phenoxy) is 1. The molecule has 20 heavy (non-hydrogen) atoms. The number of carbonyl (C=O) groups excluding carboxylic acids is 1. The molecule has 2 N–H and O–H groups in total. The van der Waals surface area contributed by atoms with E-state index < -0.39 is 23.2 Å². The number of nitrogens with one attached hydrogen (secondary N) is 1. The van der Waals surface area contributed by atoms with Gasteiger partial charge in [0.1, 0.15) is 11.3 Å². The van der Waals surface area contributed by atoms with E-state index in [4.69, 9.17) is 9.84 Å². The van der Waals surface area contributed by atoms with Crippen LogP contribution in [0.5, 0.6) is 0 Å². The fourth-order valence-corrected chi connectivity index (χ4v) is 1.61. The van der Waals surface area contributed by atoms with Crippen molar-refractivity contribution < 1.29 is 19.4 Å². The van der Waals surface area contributed by atoms with Crippen LogP contribution in [0.15, 0.2) is 17.1 Å². The topological polar surface area (TPSA) is 99.7 Å². The van der Waals surface area contributed by atoms with Crippen LogP contribution in [0.2, 0.25) is 0 Å². The normalized spacial score (nSPS) is 11.0. The summed E-state index contributed by atoms with van der Waals surface area (Å²) >= 11 is 0. The molecular weight excluding hydrogens is 264 g/mol. The summed E-state index contributed by atoms with van der Waals surface area (Å²) in [6.07, 6.45) is 0.264. The van der Waals surface area contributed by atoms with E-state index in [0.717, 1.165) is 4.90 Å². The first-order valence-electron chi connectivity index (χ1n) is 6.01. The number of carboxylic acids is 1. The van der Waals surface area contributed by atoms with E-state index in [1.807, 2.05) is 0 Å². The smallest absolute Gasteiger partial charge is 0.414 e. The highest BCUT2D eigenvalue weighted by atomic mass is 16.6. The van der Waals surface area contributed by atoms with Gasteiger partial charge in [-0.3, -0.25) is 14.5 Å². The van der Waals surface area contributed by atoms with E-state index in [1.165, 1.54) is 19.3 Å². The molecule has 0 fully saturated rings. The van der Waals surface area contributed by atoms with Crippen molar-refractivity contribution in [2.45, 2.75) is 32.8 Å². The summed E-state index contributed by atoms with van der Waals surface area (Å²) in [5.74, 6) is -1.09. The Morgan fingerprint density at radius 2 is 2.00 bits per heavy atom. The van der Waals surface area contributed by atoms with Gasteiger partial charge in [-0.15, -0.1) is 0 Å². The summed E-state index contributed by atoms with van der Waals surface area (Å²) in [5, 5.41) is 8.84. The lowest BCUT2D eigenvalue weighted by molar-refractivity contribution is -0.136. The largest absolute Gasteiger partial charge is 0.481 e. The van der Waals surface area contributed by atoms with Gasteiger partial charge in [-0.2, -0.15) is 0 Å². The lowest BCUT2D eigenvalue weighted by atomic mass is 10.1. The van der Waals surface area contributed by atoms with Gasteiger partial charge < -0.3 is 14.8 Å². The van der Waals surface area contributed by atoms with E-state index >= 15 is 0 Å². The van der Waals surface area contributed by atoms with Crippen LogP contribution >= 0.6 is 0 Å². The van der Waals surface area contributed by atoms with Crippen molar-refractivity contribution in [3.63, 3.8) is 0 Å². The number of aliphatic carboxylic acids is 1. The van der Waals surface area contributed by atoms with E-state index in [9.17, 15) is 14.4 Å².